The Morgan fingerprint density at radius 1 is 1.10 bits per heavy atom. The number of esters is 1. The van der Waals surface area contributed by atoms with E-state index in [1.165, 1.54) is 6.21 Å². The molecule has 0 radical (unpaired) electrons. The largest absolute Gasteiger partial charge is 0.462 e. The molecule has 2 aromatic carbocycles. The third-order valence-electron chi connectivity index (χ3n) is 3.97. The van der Waals surface area contributed by atoms with Crippen LogP contribution in [-0.2, 0) is 11.3 Å². The van der Waals surface area contributed by atoms with Crippen molar-refractivity contribution in [1.29, 1.82) is 0 Å². The maximum atomic E-state index is 12.0. The molecular weight excluding hydrogens is 435 g/mol. The molecule has 0 amide bonds. The summed E-state index contributed by atoms with van der Waals surface area (Å²) < 4.78 is 10.8. The molecule has 0 spiro atoms. The summed E-state index contributed by atoms with van der Waals surface area (Å²) >= 11 is 18.3. The van der Waals surface area contributed by atoms with Gasteiger partial charge in [-0.1, -0.05) is 40.9 Å². The number of nitrogens with zero attached hydrogens (tertiary/aromatic N) is 1. The Hall–Kier alpha value is -2.47. The van der Waals surface area contributed by atoms with Gasteiger partial charge in [-0.3, -0.25) is 0 Å². The smallest absolute Gasteiger partial charge is 0.339 e. The van der Waals surface area contributed by atoms with Crippen molar-refractivity contribution < 1.29 is 13.9 Å². The highest BCUT2D eigenvalue weighted by Crippen LogP contribution is 2.27. The van der Waals surface area contributed by atoms with Crippen molar-refractivity contribution >= 4 is 47.0 Å². The lowest BCUT2D eigenvalue weighted by Crippen LogP contribution is -2.06. The Balaban J connectivity index is 1.69. The van der Waals surface area contributed by atoms with Gasteiger partial charge in [0.15, 0.2) is 0 Å². The van der Waals surface area contributed by atoms with E-state index in [0.29, 0.717) is 38.7 Å². The molecule has 0 aliphatic rings. The van der Waals surface area contributed by atoms with Crippen LogP contribution in [0.4, 0.5) is 0 Å². The molecule has 0 aliphatic carbocycles. The highest BCUT2D eigenvalue weighted by Gasteiger charge is 2.14. The molecule has 3 rings (SSSR count). The lowest BCUT2D eigenvalue weighted by atomic mass is 10.1. The Labute approximate surface area is 183 Å². The zero-order chi connectivity index (χ0) is 20.8. The number of halogens is 3. The zero-order valence-electron chi connectivity index (χ0n) is 15.4. The monoisotopic (exact) mass is 450 g/mol. The van der Waals surface area contributed by atoms with Crippen molar-refractivity contribution in [3.8, 4) is 11.3 Å². The Morgan fingerprint density at radius 3 is 2.59 bits per heavy atom. The summed E-state index contributed by atoms with van der Waals surface area (Å²) in [6, 6.07) is 13.9. The van der Waals surface area contributed by atoms with Gasteiger partial charge in [0, 0.05) is 21.2 Å². The summed E-state index contributed by atoms with van der Waals surface area (Å²) in [6.07, 6.45) is 1.54. The van der Waals surface area contributed by atoms with E-state index in [1.807, 2.05) is 0 Å². The number of hydrazone groups is 1. The number of hydrogen-bond acceptors (Lipinski definition) is 5. The van der Waals surface area contributed by atoms with Gasteiger partial charge in [-0.05, 0) is 49.4 Å². The predicted molar refractivity (Wildman–Crippen MR) is 116 cm³/mol. The number of hydrogen-bond donors (Lipinski definition) is 1. The molecule has 0 bridgehead atoms. The van der Waals surface area contributed by atoms with Crippen LogP contribution in [0.3, 0.4) is 0 Å². The maximum absolute atomic E-state index is 12.0. The Bertz CT molecular complexity index is 1030. The molecule has 29 heavy (non-hydrogen) atoms. The second kappa shape index (κ2) is 9.83. The zero-order valence-corrected chi connectivity index (χ0v) is 17.7. The minimum absolute atomic E-state index is 0.271. The van der Waals surface area contributed by atoms with Crippen LogP contribution < -0.4 is 5.43 Å². The molecule has 1 heterocycles. The van der Waals surface area contributed by atoms with Crippen molar-refractivity contribution in [2.75, 3.05) is 6.61 Å². The number of benzene rings is 2. The fourth-order valence-corrected chi connectivity index (χ4v) is 3.28. The minimum Gasteiger partial charge on any atom is -0.462 e. The molecular formula is C21H17Cl3N2O3. The van der Waals surface area contributed by atoms with Crippen LogP contribution in [0.15, 0.2) is 58.0 Å². The van der Waals surface area contributed by atoms with Gasteiger partial charge in [-0.2, -0.15) is 5.10 Å². The van der Waals surface area contributed by atoms with Gasteiger partial charge >= 0.3 is 5.97 Å². The van der Waals surface area contributed by atoms with E-state index in [9.17, 15) is 4.79 Å². The highest BCUT2D eigenvalue weighted by atomic mass is 35.5. The summed E-state index contributed by atoms with van der Waals surface area (Å²) in [4.78, 5) is 12.0. The number of carbonyl (C=O) groups excluding carboxylic acids is 1. The molecule has 0 saturated heterocycles. The summed E-state index contributed by atoms with van der Waals surface area (Å²) in [5.41, 5.74) is 4.64. The average molecular weight is 452 g/mol. The van der Waals surface area contributed by atoms with Gasteiger partial charge in [0.05, 0.1) is 30.0 Å². The summed E-state index contributed by atoms with van der Waals surface area (Å²) in [6.45, 7) is 2.39. The molecule has 0 aliphatic heterocycles. The second-order valence-corrected chi connectivity index (χ2v) is 7.13. The van der Waals surface area contributed by atoms with Crippen LogP contribution in [-0.4, -0.2) is 18.8 Å². The van der Waals surface area contributed by atoms with Crippen molar-refractivity contribution in [2.24, 2.45) is 5.10 Å². The third-order valence-corrected chi connectivity index (χ3v) is 5.01. The van der Waals surface area contributed by atoms with Gasteiger partial charge in [0.25, 0.3) is 0 Å². The SMILES string of the molecule is CCOC(=O)c1cc(-c2ccc(/C=N\NCc3c(Cl)cccc3Cl)o2)ccc1Cl. The summed E-state index contributed by atoms with van der Waals surface area (Å²) in [7, 11) is 0. The van der Waals surface area contributed by atoms with E-state index >= 15 is 0 Å². The first kappa shape index (κ1) is 21.2. The van der Waals surface area contributed by atoms with Gasteiger partial charge < -0.3 is 14.6 Å². The van der Waals surface area contributed by atoms with Crippen LogP contribution in [0.5, 0.6) is 0 Å². The van der Waals surface area contributed by atoms with E-state index in [4.69, 9.17) is 44.0 Å². The molecule has 1 aromatic heterocycles. The first-order chi connectivity index (χ1) is 14.0. The highest BCUT2D eigenvalue weighted by molar-refractivity contribution is 6.36. The van der Waals surface area contributed by atoms with E-state index in [2.05, 4.69) is 10.5 Å². The molecule has 0 fully saturated rings. The standard InChI is InChI=1S/C21H17Cl3N2O3/c1-2-28-21(27)15-10-13(6-8-19(15)24)20-9-7-14(29-20)11-25-26-12-16-17(22)4-3-5-18(16)23/h3-11,26H,2,12H2,1H3/b25-11-. The topological polar surface area (TPSA) is 63.8 Å². The number of rotatable bonds is 7. The van der Waals surface area contributed by atoms with Gasteiger partial charge in [-0.25, -0.2) is 4.79 Å². The first-order valence-electron chi connectivity index (χ1n) is 8.75. The number of furan rings is 1. The van der Waals surface area contributed by atoms with Crippen molar-refractivity contribution in [3.05, 3.63) is 80.5 Å². The first-order valence-corrected chi connectivity index (χ1v) is 9.88. The molecule has 8 heteroatoms. The molecule has 1 N–H and O–H groups in total. The van der Waals surface area contributed by atoms with E-state index in [0.717, 1.165) is 5.56 Å². The normalized spacial score (nSPS) is 11.0. The number of ether oxygens (including phenoxy) is 1. The van der Waals surface area contributed by atoms with Gasteiger partial charge in [0.1, 0.15) is 11.5 Å². The third kappa shape index (κ3) is 5.32. The Kier molecular flexibility index (Phi) is 7.20. The second-order valence-electron chi connectivity index (χ2n) is 5.91. The quantitative estimate of drug-likeness (QED) is 0.263. The predicted octanol–water partition coefficient (Wildman–Crippen LogP) is 6.21. The van der Waals surface area contributed by atoms with Crippen LogP contribution in [0, 0.1) is 0 Å². The lowest BCUT2D eigenvalue weighted by Gasteiger charge is -2.06. The molecule has 150 valence electrons. The van der Waals surface area contributed by atoms with Crippen LogP contribution in [0.1, 0.15) is 28.6 Å². The van der Waals surface area contributed by atoms with Gasteiger partial charge in [-0.15, -0.1) is 0 Å². The van der Waals surface area contributed by atoms with E-state index in [1.54, 1.807) is 55.5 Å². The van der Waals surface area contributed by atoms with Gasteiger partial charge in [0.2, 0.25) is 0 Å². The fraction of sp³-hybridized carbons (Fsp3) is 0.143. The Morgan fingerprint density at radius 2 is 1.86 bits per heavy atom. The minimum atomic E-state index is -0.477. The molecule has 0 saturated carbocycles. The fourth-order valence-electron chi connectivity index (χ4n) is 2.56. The van der Waals surface area contributed by atoms with Crippen molar-refractivity contribution in [1.82, 2.24) is 5.43 Å². The van der Waals surface area contributed by atoms with Crippen LogP contribution in [0.25, 0.3) is 11.3 Å². The molecule has 3 aromatic rings. The molecule has 5 nitrogen and oxygen atoms in total. The summed E-state index contributed by atoms with van der Waals surface area (Å²) in [5.74, 6) is 0.628. The average Bonchev–Trinajstić information content (AvgIpc) is 3.16. The number of carbonyl (C=O) groups is 1. The lowest BCUT2D eigenvalue weighted by molar-refractivity contribution is 0.0526. The molecule has 0 unspecified atom stereocenters. The van der Waals surface area contributed by atoms with Crippen LogP contribution >= 0.6 is 34.8 Å². The van der Waals surface area contributed by atoms with Crippen molar-refractivity contribution in [3.63, 3.8) is 0 Å². The van der Waals surface area contributed by atoms with E-state index in [-0.39, 0.29) is 12.2 Å². The number of nitrogens with one attached hydrogen (secondary N) is 1. The van der Waals surface area contributed by atoms with Crippen LogP contribution in [0.2, 0.25) is 15.1 Å². The molecule has 0 atom stereocenters. The maximum Gasteiger partial charge on any atom is 0.339 e. The summed E-state index contributed by atoms with van der Waals surface area (Å²) in [5, 5.41) is 5.59. The van der Waals surface area contributed by atoms with Crippen molar-refractivity contribution in [2.45, 2.75) is 13.5 Å². The van der Waals surface area contributed by atoms with E-state index < -0.39 is 5.97 Å².